The van der Waals surface area contributed by atoms with E-state index >= 15 is 0 Å². The van der Waals surface area contributed by atoms with Crippen LogP contribution in [0.2, 0.25) is 0 Å². The molecule has 0 aliphatic rings. The third-order valence-electron chi connectivity index (χ3n) is 3.87. The Balaban J connectivity index is 1.80. The van der Waals surface area contributed by atoms with Gasteiger partial charge in [-0.1, -0.05) is 18.2 Å². The number of amides is 1. The fraction of sp³-hybridized carbons (Fsp3) is 0.273. The number of nitriles is 1. The van der Waals surface area contributed by atoms with E-state index in [1.807, 2.05) is 44.2 Å². The number of carbonyl (C=O) groups excluding carboxylic acids is 1. The molecule has 2 aromatic carbocycles. The highest BCUT2D eigenvalue weighted by atomic mass is 16.5. The fourth-order valence-corrected chi connectivity index (χ4v) is 2.51. The van der Waals surface area contributed by atoms with Gasteiger partial charge >= 0.3 is 0 Å². The minimum absolute atomic E-state index is 0.0165. The minimum atomic E-state index is -0.0937. The summed E-state index contributed by atoms with van der Waals surface area (Å²) in [7, 11) is 1.75. The highest BCUT2D eigenvalue weighted by Gasteiger charge is 2.05. The van der Waals surface area contributed by atoms with E-state index in [4.69, 9.17) is 14.7 Å². The van der Waals surface area contributed by atoms with Crippen molar-refractivity contribution in [3.8, 4) is 17.6 Å². The third kappa shape index (κ3) is 6.87. The lowest BCUT2D eigenvalue weighted by Crippen LogP contribution is -2.29. The monoisotopic (exact) mass is 364 g/mol. The zero-order chi connectivity index (χ0) is 19.6. The van der Waals surface area contributed by atoms with Gasteiger partial charge in [0.15, 0.2) is 6.61 Å². The van der Waals surface area contributed by atoms with Crippen LogP contribution >= 0.6 is 0 Å². The van der Waals surface area contributed by atoms with Crippen LogP contribution in [0.3, 0.4) is 0 Å². The number of likely N-dealkylation sites (N-methyl/N-ethyl adjacent to an activating group) is 1. The van der Waals surface area contributed by atoms with Crippen molar-refractivity contribution in [3.63, 3.8) is 0 Å². The first-order valence-electron chi connectivity index (χ1n) is 8.72. The Morgan fingerprint density at radius 2 is 1.74 bits per heavy atom. The number of nitrogens with zero attached hydrogens (tertiary/aromatic N) is 2. The number of ether oxygens (including phenoxy) is 2. The van der Waals surface area contributed by atoms with Crippen molar-refractivity contribution in [2.45, 2.75) is 13.8 Å². The van der Waals surface area contributed by atoms with E-state index in [0.29, 0.717) is 18.9 Å². The molecule has 0 aliphatic heterocycles. The smallest absolute Gasteiger partial charge is 0.246 e. The SMILES string of the molecule is Cc1cc(C)cc(OCCN(C)C(=O)/C=C/c2ccc(OCC#N)cc2)c1. The topological polar surface area (TPSA) is 62.6 Å². The van der Waals surface area contributed by atoms with E-state index in [1.54, 1.807) is 30.2 Å². The Labute approximate surface area is 160 Å². The second kappa shape index (κ2) is 10.0. The minimum Gasteiger partial charge on any atom is -0.492 e. The van der Waals surface area contributed by atoms with Crippen LogP contribution in [-0.4, -0.2) is 37.6 Å². The molecule has 0 aromatic heterocycles. The molecule has 0 spiro atoms. The molecule has 27 heavy (non-hydrogen) atoms. The molecule has 1 amide bonds. The number of hydrogen-bond acceptors (Lipinski definition) is 4. The van der Waals surface area contributed by atoms with E-state index in [9.17, 15) is 4.79 Å². The molecule has 0 N–H and O–H groups in total. The van der Waals surface area contributed by atoms with Crippen LogP contribution in [0.25, 0.3) is 6.08 Å². The predicted octanol–water partition coefficient (Wildman–Crippen LogP) is 3.76. The quantitative estimate of drug-likeness (QED) is 0.669. The Morgan fingerprint density at radius 3 is 2.37 bits per heavy atom. The molecule has 0 unspecified atom stereocenters. The maximum atomic E-state index is 12.2. The highest BCUT2D eigenvalue weighted by molar-refractivity contribution is 5.91. The molecule has 0 saturated carbocycles. The molecule has 2 aromatic rings. The van der Waals surface area contributed by atoms with Gasteiger partial charge in [-0.15, -0.1) is 0 Å². The number of hydrogen-bond donors (Lipinski definition) is 0. The van der Waals surface area contributed by atoms with Gasteiger partial charge in [0, 0.05) is 13.1 Å². The van der Waals surface area contributed by atoms with Crippen molar-refractivity contribution in [3.05, 3.63) is 65.2 Å². The first kappa shape index (κ1) is 20.1. The molecule has 2 rings (SSSR count). The van der Waals surface area contributed by atoms with Crippen molar-refractivity contribution in [2.24, 2.45) is 0 Å². The lowest BCUT2D eigenvalue weighted by atomic mass is 10.1. The van der Waals surface area contributed by atoms with Crippen LogP contribution in [0.1, 0.15) is 16.7 Å². The summed E-state index contributed by atoms with van der Waals surface area (Å²) in [4.78, 5) is 13.8. The van der Waals surface area contributed by atoms with Crippen molar-refractivity contribution in [1.82, 2.24) is 4.90 Å². The maximum absolute atomic E-state index is 12.2. The largest absolute Gasteiger partial charge is 0.492 e. The van der Waals surface area contributed by atoms with Crippen LogP contribution in [0, 0.1) is 25.2 Å². The second-order valence-corrected chi connectivity index (χ2v) is 6.28. The van der Waals surface area contributed by atoms with Gasteiger partial charge in [-0.05, 0) is 60.9 Å². The van der Waals surface area contributed by atoms with Crippen molar-refractivity contribution in [1.29, 1.82) is 5.26 Å². The summed E-state index contributed by atoms with van der Waals surface area (Å²) in [6.45, 7) is 5.01. The van der Waals surface area contributed by atoms with Crippen LogP contribution in [0.5, 0.6) is 11.5 Å². The first-order valence-corrected chi connectivity index (χ1v) is 8.72. The van der Waals surface area contributed by atoms with Crippen molar-refractivity contribution in [2.75, 3.05) is 26.8 Å². The summed E-state index contributed by atoms with van der Waals surface area (Å²) in [5.74, 6) is 1.35. The fourth-order valence-electron chi connectivity index (χ4n) is 2.51. The summed E-state index contributed by atoms with van der Waals surface area (Å²) < 4.78 is 10.9. The summed E-state index contributed by atoms with van der Waals surface area (Å²) in [5, 5.41) is 8.49. The Morgan fingerprint density at radius 1 is 1.07 bits per heavy atom. The van der Waals surface area contributed by atoms with E-state index in [2.05, 4.69) is 6.07 Å². The molecular formula is C22H24N2O3. The number of rotatable bonds is 8. The molecule has 140 valence electrons. The molecule has 0 bridgehead atoms. The molecule has 0 heterocycles. The number of carbonyl (C=O) groups is 1. The van der Waals surface area contributed by atoms with Crippen LogP contribution in [-0.2, 0) is 4.79 Å². The van der Waals surface area contributed by atoms with Gasteiger partial charge in [-0.2, -0.15) is 5.26 Å². The summed E-state index contributed by atoms with van der Waals surface area (Å²) in [6, 6.07) is 15.2. The van der Waals surface area contributed by atoms with Gasteiger partial charge in [0.1, 0.15) is 24.2 Å². The van der Waals surface area contributed by atoms with E-state index < -0.39 is 0 Å². The van der Waals surface area contributed by atoms with Crippen molar-refractivity contribution >= 4 is 12.0 Å². The van der Waals surface area contributed by atoms with Gasteiger partial charge in [0.05, 0.1) is 6.54 Å². The zero-order valence-corrected chi connectivity index (χ0v) is 15.9. The second-order valence-electron chi connectivity index (χ2n) is 6.28. The van der Waals surface area contributed by atoms with Gasteiger partial charge in [-0.3, -0.25) is 4.79 Å². The molecule has 0 fully saturated rings. The van der Waals surface area contributed by atoms with E-state index in [0.717, 1.165) is 22.4 Å². The third-order valence-corrected chi connectivity index (χ3v) is 3.87. The Hall–Kier alpha value is -3.26. The summed E-state index contributed by atoms with van der Waals surface area (Å²) >= 11 is 0. The van der Waals surface area contributed by atoms with Crippen LogP contribution in [0.4, 0.5) is 0 Å². The van der Waals surface area contributed by atoms with Crippen LogP contribution < -0.4 is 9.47 Å². The molecule has 0 atom stereocenters. The lowest BCUT2D eigenvalue weighted by molar-refractivity contribution is -0.125. The summed E-state index contributed by atoms with van der Waals surface area (Å²) in [6.07, 6.45) is 3.28. The Bertz CT molecular complexity index is 815. The summed E-state index contributed by atoms with van der Waals surface area (Å²) in [5.41, 5.74) is 3.19. The normalized spacial score (nSPS) is 10.4. The number of aryl methyl sites for hydroxylation is 2. The predicted molar refractivity (Wildman–Crippen MR) is 106 cm³/mol. The first-order chi connectivity index (χ1) is 13.0. The van der Waals surface area contributed by atoms with E-state index in [-0.39, 0.29) is 12.5 Å². The lowest BCUT2D eigenvalue weighted by Gasteiger charge is -2.16. The Kier molecular flexibility index (Phi) is 7.45. The standard InChI is InChI=1S/C22H24N2O3/c1-17-14-18(2)16-21(15-17)27-13-11-24(3)22(25)9-6-19-4-7-20(8-5-19)26-12-10-23/h4-9,14-16H,11-13H2,1-3H3/b9-6+. The molecule has 0 aliphatic carbocycles. The van der Waals surface area contributed by atoms with Crippen molar-refractivity contribution < 1.29 is 14.3 Å². The van der Waals surface area contributed by atoms with Gasteiger partial charge in [0.2, 0.25) is 5.91 Å². The van der Waals surface area contributed by atoms with Gasteiger partial charge in [-0.25, -0.2) is 0 Å². The highest BCUT2D eigenvalue weighted by Crippen LogP contribution is 2.16. The zero-order valence-electron chi connectivity index (χ0n) is 15.9. The van der Waals surface area contributed by atoms with E-state index in [1.165, 1.54) is 6.08 Å². The average molecular weight is 364 g/mol. The maximum Gasteiger partial charge on any atom is 0.246 e. The molecular weight excluding hydrogens is 340 g/mol. The number of benzene rings is 2. The van der Waals surface area contributed by atoms with Gasteiger partial charge < -0.3 is 14.4 Å². The molecule has 0 saturated heterocycles. The average Bonchev–Trinajstić information content (AvgIpc) is 2.64. The van der Waals surface area contributed by atoms with Gasteiger partial charge in [0.25, 0.3) is 0 Å². The molecule has 5 nitrogen and oxygen atoms in total. The molecule has 5 heteroatoms. The van der Waals surface area contributed by atoms with Crippen LogP contribution in [0.15, 0.2) is 48.5 Å². The molecule has 0 radical (unpaired) electrons.